The van der Waals surface area contributed by atoms with Gasteiger partial charge < -0.3 is 4.74 Å². The predicted octanol–water partition coefficient (Wildman–Crippen LogP) is 0.806. The fourth-order valence-corrected chi connectivity index (χ4v) is 0.610. The van der Waals surface area contributed by atoms with Crippen LogP contribution < -0.4 is 0 Å². The quantitative estimate of drug-likeness (QED) is 0.535. The second kappa shape index (κ2) is 2.51. The Labute approximate surface area is 58.4 Å². The van der Waals surface area contributed by atoms with Gasteiger partial charge in [0.05, 0.1) is 12.8 Å². The first-order valence-corrected chi connectivity index (χ1v) is 2.84. The first-order valence-electron chi connectivity index (χ1n) is 2.84. The van der Waals surface area contributed by atoms with Crippen molar-refractivity contribution >= 4 is 6.09 Å². The van der Waals surface area contributed by atoms with Crippen LogP contribution in [-0.4, -0.2) is 23.0 Å². The van der Waals surface area contributed by atoms with Crippen LogP contribution in [0.3, 0.4) is 0 Å². The highest BCUT2D eigenvalue weighted by atomic mass is 16.5. The summed E-state index contributed by atoms with van der Waals surface area (Å²) >= 11 is 0. The minimum Gasteiger partial charge on any atom is -0.451 e. The van der Waals surface area contributed by atoms with Crippen LogP contribution in [0.5, 0.6) is 0 Å². The van der Waals surface area contributed by atoms with E-state index in [0.29, 0.717) is 0 Å². The van der Waals surface area contributed by atoms with E-state index in [1.54, 1.807) is 19.2 Å². The molecule has 0 N–H and O–H groups in total. The number of aromatic nitrogens is 2. The third-order valence-electron chi connectivity index (χ3n) is 1.08. The Hall–Kier alpha value is -1.32. The first-order chi connectivity index (χ1) is 4.74. The lowest BCUT2D eigenvalue weighted by Crippen LogP contribution is -2.11. The van der Waals surface area contributed by atoms with E-state index in [1.807, 2.05) is 0 Å². The van der Waals surface area contributed by atoms with Crippen LogP contribution >= 0.6 is 0 Å². The Morgan fingerprint density at radius 1 is 1.80 bits per heavy atom. The van der Waals surface area contributed by atoms with Crippen LogP contribution in [0.2, 0.25) is 0 Å². The molecule has 0 aromatic carbocycles. The lowest BCUT2D eigenvalue weighted by molar-refractivity contribution is 0.169. The average molecular weight is 140 g/mol. The highest BCUT2D eigenvalue weighted by molar-refractivity contribution is 5.68. The Morgan fingerprint density at radius 3 is 2.90 bits per heavy atom. The SMILES string of the molecule is COC(=O)n1ccc(C)n1. The van der Waals surface area contributed by atoms with Crippen LogP contribution in [0.15, 0.2) is 12.3 Å². The van der Waals surface area contributed by atoms with Gasteiger partial charge in [0.15, 0.2) is 0 Å². The number of nitrogens with zero attached hydrogens (tertiary/aromatic N) is 2. The fourth-order valence-electron chi connectivity index (χ4n) is 0.610. The standard InChI is InChI=1S/C6H8N2O2/c1-5-3-4-8(7-5)6(9)10-2/h3-4H,1-2H3. The summed E-state index contributed by atoms with van der Waals surface area (Å²) in [5, 5.41) is 3.82. The maximum atomic E-state index is 10.7. The molecule has 0 spiro atoms. The van der Waals surface area contributed by atoms with Crippen molar-refractivity contribution in [3.63, 3.8) is 0 Å². The van der Waals surface area contributed by atoms with Gasteiger partial charge in [0.1, 0.15) is 0 Å². The van der Waals surface area contributed by atoms with E-state index in [0.717, 1.165) is 10.4 Å². The molecule has 1 heterocycles. The normalized spacial score (nSPS) is 9.40. The number of rotatable bonds is 0. The maximum Gasteiger partial charge on any atom is 0.434 e. The van der Waals surface area contributed by atoms with Crippen LogP contribution in [-0.2, 0) is 4.74 Å². The van der Waals surface area contributed by atoms with E-state index in [1.165, 1.54) is 7.11 Å². The molecule has 0 bridgehead atoms. The number of methoxy groups -OCH3 is 1. The van der Waals surface area contributed by atoms with Gasteiger partial charge in [0.25, 0.3) is 0 Å². The molecule has 0 radical (unpaired) electrons. The molecule has 4 heteroatoms. The van der Waals surface area contributed by atoms with Crippen LogP contribution in [0.25, 0.3) is 0 Å². The number of hydrogen-bond acceptors (Lipinski definition) is 3. The van der Waals surface area contributed by atoms with E-state index < -0.39 is 6.09 Å². The van der Waals surface area contributed by atoms with Gasteiger partial charge in [0, 0.05) is 6.20 Å². The largest absolute Gasteiger partial charge is 0.451 e. The van der Waals surface area contributed by atoms with Crippen LogP contribution in [0.4, 0.5) is 4.79 Å². The van der Waals surface area contributed by atoms with Gasteiger partial charge in [-0.05, 0) is 13.0 Å². The third kappa shape index (κ3) is 1.15. The highest BCUT2D eigenvalue weighted by Gasteiger charge is 2.02. The molecule has 0 aliphatic heterocycles. The molecule has 0 saturated heterocycles. The summed E-state index contributed by atoms with van der Waals surface area (Å²) in [7, 11) is 1.32. The number of hydrogen-bond donors (Lipinski definition) is 0. The average Bonchev–Trinajstić information content (AvgIpc) is 2.34. The lowest BCUT2D eigenvalue weighted by Gasteiger charge is -1.94. The predicted molar refractivity (Wildman–Crippen MR) is 34.8 cm³/mol. The van der Waals surface area contributed by atoms with Crippen LogP contribution in [0, 0.1) is 6.92 Å². The maximum absolute atomic E-state index is 10.7. The lowest BCUT2D eigenvalue weighted by atomic mass is 10.5. The first kappa shape index (κ1) is 6.80. The molecular weight excluding hydrogens is 132 g/mol. The minimum absolute atomic E-state index is 0.465. The molecule has 0 unspecified atom stereocenters. The van der Waals surface area contributed by atoms with Gasteiger partial charge in [-0.25, -0.2) is 4.79 Å². The second-order valence-electron chi connectivity index (χ2n) is 1.87. The topological polar surface area (TPSA) is 44.1 Å². The summed E-state index contributed by atoms with van der Waals surface area (Å²) in [6.07, 6.45) is 1.09. The van der Waals surface area contributed by atoms with Crippen molar-refractivity contribution in [3.8, 4) is 0 Å². The molecule has 54 valence electrons. The number of carbonyl (C=O) groups excluding carboxylic acids is 1. The number of carbonyl (C=O) groups is 1. The summed E-state index contributed by atoms with van der Waals surface area (Å²) in [6, 6.07) is 1.73. The summed E-state index contributed by atoms with van der Waals surface area (Å²) in [5.74, 6) is 0. The van der Waals surface area contributed by atoms with Crippen molar-refractivity contribution in [2.75, 3.05) is 7.11 Å². The van der Waals surface area contributed by atoms with Gasteiger partial charge in [-0.2, -0.15) is 9.78 Å². The van der Waals surface area contributed by atoms with Crippen molar-refractivity contribution in [1.29, 1.82) is 0 Å². The van der Waals surface area contributed by atoms with Gasteiger partial charge >= 0.3 is 6.09 Å². The Morgan fingerprint density at radius 2 is 2.50 bits per heavy atom. The molecule has 0 saturated carbocycles. The van der Waals surface area contributed by atoms with E-state index in [9.17, 15) is 4.79 Å². The molecular formula is C6H8N2O2. The van der Waals surface area contributed by atoms with E-state index >= 15 is 0 Å². The molecule has 0 atom stereocenters. The zero-order chi connectivity index (χ0) is 7.56. The van der Waals surface area contributed by atoms with Crippen LogP contribution in [0.1, 0.15) is 5.69 Å². The number of ether oxygens (including phenoxy) is 1. The Bertz CT molecular complexity index is 242. The van der Waals surface area contributed by atoms with Gasteiger partial charge in [-0.3, -0.25) is 0 Å². The summed E-state index contributed by atoms with van der Waals surface area (Å²) in [4.78, 5) is 10.7. The molecule has 0 aliphatic carbocycles. The van der Waals surface area contributed by atoms with Crippen molar-refractivity contribution in [2.45, 2.75) is 6.92 Å². The molecule has 0 aliphatic rings. The van der Waals surface area contributed by atoms with Gasteiger partial charge in [0.2, 0.25) is 0 Å². The highest BCUT2D eigenvalue weighted by Crippen LogP contribution is 1.92. The fraction of sp³-hybridized carbons (Fsp3) is 0.333. The van der Waals surface area contributed by atoms with Gasteiger partial charge in [-0.1, -0.05) is 0 Å². The Balaban J connectivity index is 2.85. The summed E-state index contributed by atoms with van der Waals surface area (Å²) in [5.41, 5.74) is 0.797. The monoisotopic (exact) mass is 140 g/mol. The van der Waals surface area contributed by atoms with E-state index in [2.05, 4.69) is 9.84 Å². The molecule has 10 heavy (non-hydrogen) atoms. The molecule has 1 aromatic rings. The zero-order valence-electron chi connectivity index (χ0n) is 5.87. The summed E-state index contributed by atoms with van der Waals surface area (Å²) in [6.45, 7) is 1.80. The second-order valence-corrected chi connectivity index (χ2v) is 1.87. The Kier molecular flexibility index (Phi) is 1.71. The van der Waals surface area contributed by atoms with Crippen molar-refractivity contribution in [1.82, 2.24) is 9.78 Å². The van der Waals surface area contributed by atoms with Crippen molar-refractivity contribution in [3.05, 3.63) is 18.0 Å². The van der Waals surface area contributed by atoms with Gasteiger partial charge in [-0.15, -0.1) is 0 Å². The summed E-state index contributed by atoms with van der Waals surface area (Å²) < 4.78 is 5.56. The molecule has 0 fully saturated rings. The molecule has 4 nitrogen and oxygen atoms in total. The smallest absolute Gasteiger partial charge is 0.434 e. The molecule has 0 amide bonds. The van der Waals surface area contributed by atoms with E-state index in [4.69, 9.17) is 0 Å². The zero-order valence-corrected chi connectivity index (χ0v) is 5.87. The third-order valence-corrected chi connectivity index (χ3v) is 1.08. The van der Waals surface area contributed by atoms with Crippen molar-refractivity contribution in [2.24, 2.45) is 0 Å². The minimum atomic E-state index is -0.465. The molecule has 1 aromatic heterocycles. The molecule has 1 rings (SSSR count). The van der Waals surface area contributed by atoms with Crippen molar-refractivity contribution < 1.29 is 9.53 Å². The van der Waals surface area contributed by atoms with E-state index in [-0.39, 0.29) is 0 Å². The number of aryl methyl sites for hydroxylation is 1.